The number of hydrogen-bond acceptors (Lipinski definition) is 0. The molecular formula is C26H30IN. The van der Waals surface area contributed by atoms with Gasteiger partial charge in [0.2, 0.25) is 0 Å². The summed E-state index contributed by atoms with van der Waals surface area (Å²) in [6, 6.07) is 32.8. The maximum absolute atomic E-state index is 2.41. The van der Waals surface area contributed by atoms with E-state index in [-0.39, 0.29) is 24.0 Å². The average Bonchev–Trinajstić information content (AvgIpc) is 2.70. The molecule has 0 saturated carbocycles. The van der Waals surface area contributed by atoms with Crippen LogP contribution in [-0.4, -0.2) is 31.2 Å². The van der Waals surface area contributed by atoms with Crippen molar-refractivity contribution in [1.82, 2.24) is 0 Å². The van der Waals surface area contributed by atoms with Crippen molar-refractivity contribution in [2.24, 2.45) is 0 Å². The zero-order valence-electron chi connectivity index (χ0n) is 17.1. The van der Waals surface area contributed by atoms with Gasteiger partial charge in [0, 0.05) is 6.42 Å². The van der Waals surface area contributed by atoms with E-state index in [1.807, 2.05) is 0 Å². The molecule has 0 aromatic heterocycles. The lowest BCUT2D eigenvalue weighted by atomic mass is 9.97. The molecule has 0 heterocycles. The van der Waals surface area contributed by atoms with Gasteiger partial charge in [-0.3, -0.25) is 0 Å². The Labute approximate surface area is 187 Å². The van der Waals surface area contributed by atoms with Gasteiger partial charge in [-0.1, -0.05) is 91.0 Å². The van der Waals surface area contributed by atoms with Crippen molar-refractivity contribution >= 4 is 5.57 Å². The fourth-order valence-corrected chi connectivity index (χ4v) is 3.35. The number of benzene rings is 3. The predicted molar refractivity (Wildman–Crippen MR) is 117 cm³/mol. The topological polar surface area (TPSA) is 0 Å². The molecule has 0 radical (unpaired) electrons. The van der Waals surface area contributed by atoms with Crippen LogP contribution in [0.2, 0.25) is 0 Å². The Bertz CT molecular complexity index is 813. The molecule has 1 nitrogen and oxygen atoms in total. The summed E-state index contributed by atoms with van der Waals surface area (Å²) < 4.78 is 0.956. The molecule has 0 amide bonds. The Balaban J connectivity index is 0.00000280. The van der Waals surface area contributed by atoms with Crippen molar-refractivity contribution < 1.29 is 28.5 Å². The van der Waals surface area contributed by atoms with Crippen LogP contribution in [-0.2, 0) is 6.42 Å². The smallest absolute Gasteiger partial charge is 0.0981 e. The molecule has 3 aromatic rings. The van der Waals surface area contributed by atoms with Crippen LogP contribution in [0.3, 0.4) is 0 Å². The number of rotatable bonds is 7. The Hall–Kier alpha value is -1.91. The molecule has 3 rings (SSSR count). The molecule has 0 aliphatic carbocycles. The third kappa shape index (κ3) is 6.05. The minimum atomic E-state index is 0. The number of hydrogen-bond donors (Lipinski definition) is 0. The molecule has 0 saturated heterocycles. The van der Waals surface area contributed by atoms with E-state index in [2.05, 4.69) is 118 Å². The van der Waals surface area contributed by atoms with E-state index in [1.54, 1.807) is 0 Å². The first-order valence-corrected chi connectivity index (χ1v) is 9.74. The van der Waals surface area contributed by atoms with E-state index < -0.39 is 0 Å². The first kappa shape index (κ1) is 22.4. The highest BCUT2D eigenvalue weighted by Gasteiger charge is 2.23. The first-order valence-electron chi connectivity index (χ1n) is 9.74. The first-order chi connectivity index (χ1) is 13.1. The number of likely N-dealkylation sites (N-methyl/N-ethyl adjacent to an activating group) is 1. The molecule has 2 heteroatoms. The van der Waals surface area contributed by atoms with Crippen LogP contribution in [0.5, 0.6) is 0 Å². The van der Waals surface area contributed by atoms with Gasteiger partial charge < -0.3 is 28.5 Å². The summed E-state index contributed by atoms with van der Waals surface area (Å²) in [5.74, 6) is 0. The maximum Gasteiger partial charge on any atom is 0.0981 e. The standard InChI is InChI=1S/C26H30N.HI/c1-22(21-23-13-7-4-8-14-23)27(2,3)20-19-26(24-15-9-5-10-16-24)25-17-11-6-12-18-25;/h4-19,22H,20-21H2,1-3H3;1H/q+1;/p-1. The lowest BCUT2D eigenvalue weighted by Crippen LogP contribution is -3.00. The maximum atomic E-state index is 2.41. The van der Waals surface area contributed by atoms with E-state index in [9.17, 15) is 0 Å². The van der Waals surface area contributed by atoms with Gasteiger partial charge in [0.25, 0.3) is 0 Å². The monoisotopic (exact) mass is 483 g/mol. The molecular weight excluding hydrogens is 453 g/mol. The Morgan fingerprint density at radius 3 is 1.64 bits per heavy atom. The van der Waals surface area contributed by atoms with E-state index in [0.717, 1.165) is 17.4 Å². The van der Waals surface area contributed by atoms with Crippen LogP contribution in [0.25, 0.3) is 5.57 Å². The SMILES string of the molecule is CC(Cc1ccccc1)[N+](C)(C)CC=C(c1ccccc1)c1ccccc1.[I-]. The van der Waals surface area contributed by atoms with Gasteiger partial charge in [0.1, 0.15) is 0 Å². The largest absolute Gasteiger partial charge is 1.00 e. The quantitative estimate of drug-likeness (QED) is 0.358. The lowest BCUT2D eigenvalue weighted by Gasteiger charge is -2.35. The van der Waals surface area contributed by atoms with Crippen LogP contribution in [0, 0.1) is 0 Å². The molecule has 0 bridgehead atoms. The van der Waals surface area contributed by atoms with Gasteiger partial charge in [-0.2, -0.15) is 0 Å². The fourth-order valence-electron chi connectivity index (χ4n) is 3.35. The number of nitrogens with zero attached hydrogens (tertiary/aromatic N) is 1. The van der Waals surface area contributed by atoms with Crippen LogP contribution in [0.4, 0.5) is 0 Å². The second-order valence-electron chi connectivity index (χ2n) is 7.85. The third-order valence-electron chi connectivity index (χ3n) is 5.50. The van der Waals surface area contributed by atoms with Gasteiger partial charge in [-0.25, -0.2) is 0 Å². The predicted octanol–water partition coefficient (Wildman–Crippen LogP) is 2.83. The van der Waals surface area contributed by atoms with Gasteiger partial charge in [-0.05, 0) is 35.3 Å². The summed E-state index contributed by atoms with van der Waals surface area (Å²) in [6.07, 6.45) is 3.50. The van der Waals surface area contributed by atoms with Crippen molar-refractivity contribution in [3.63, 3.8) is 0 Å². The fraction of sp³-hybridized carbons (Fsp3) is 0.231. The van der Waals surface area contributed by atoms with Gasteiger partial charge in [0.05, 0.1) is 26.7 Å². The van der Waals surface area contributed by atoms with Crippen LogP contribution in [0.15, 0.2) is 97.1 Å². The lowest BCUT2D eigenvalue weighted by molar-refractivity contribution is -0.907. The summed E-state index contributed by atoms with van der Waals surface area (Å²) in [7, 11) is 4.66. The van der Waals surface area contributed by atoms with Crippen LogP contribution < -0.4 is 24.0 Å². The van der Waals surface area contributed by atoms with Crippen LogP contribution >= 0.6 is 0 Å². The third-order valence-corrected chi connectivity index (χ3v) is 5.50. The van der Waals surface area contributed by atoms with Crippen molar-refractivity contribution in [3.05, 3.63) is 114 Å². The molecule has 1 unspecified atom stereocenters. The van der Waals surface area contributed by atoms with Crippen molar-refractivity contribution in [3.8, 4) is 0 Å². The highest BCUT2D eigenvalue weighted by Crippen LogP contribution is 2.24. The molecule has 0 fully saturated rings. The summed E-state index contributed by atoms with van der Waals surface area (Å²) in [6.45, 7) is 3.35. The van der Waals surface area contributed by atoms with Gasteiger partial charge >= 0.3 is 0 Å². The molecule has 0 aliphatic heterocycles. The van der Waals surface area contributed by atoms with E-state index >= 15 is 0 Å². The van der Waals surface area contributed by atoms with E-state index in [4.69, 9.17) is 0 Å². The van der Waals surface area contributed by atoms with Crippen molar-refractivity contribution in [2.45, 2.75) is 19.4 Å². The minimum Gasteiger partial charge on any atom is -1.00 e. The minimum absolute atomic E-state index is 0. The second-order valence-corrected chi connectivity index (χ2v) is 7.85. The molecule has 3 aromatic carbocycles. The normalized spacial score (nSPS) is 12.0. The van der Waals surface area contributed by atoms with E-state index in [1.165, 1.54) is 22.3 Å². The zero-order valence-corrected chi connectivity index (χ0v) is 19.2. The summed E-state index contributed by atoms with van der Waals surface area (Å²) in [5, 5.41) is 0. The molecule has 0 aliphatic rings. The average molecular weight is 483 g/mol. The second kappa shape index (κ2) is 10.6. The molecule has 146 valence electrons. The number of halogens is 1. The van der Waals surface area contributed by atoms with Gasteiger partial charge in [-0.15, -0.1) is 0 Å². The Morgan fingerprint density at radius 1 is 0.750 bits per heavy atom. The summed E-state index contributed by atoms with van der Waals surface area (Å²) in [5.41, 5.74) is 5.28. The summed E-state index contributed by atoms with van der Waals surface area (Å²) in [4.78, 5) is 0. The Kier molecular flexibility index (Phi) is 8.46. The van der Waals surface area contributed by atoms with Crippen molar-refractivity contribution in [1.29, 1.82) is 0 Å². The molecule has 0 spiro atoms. The van der Waals surface area contributed by atoms with Gasteiger partial charge in [0.15, 0.2) is 0 Å². The van der Waals surface area contributed by atoms with E-state index in [0.29, 0.717) is 6.04 Å². The number of quaternary nitrogens is 1. The summed E-state index contributed by atoms with van der Waals surface area (Å²) >= 11 is 0. The molecule has 0 N–H and O–H groups in total. The highest BCUT2D eigenvalue weighted by atomic mass is 127. The van der Waals surface area contributed by atoms with Crippen molar-refractivity contribution in [2.75, 3.05) is 20.6 Å². The zero-order chi connectivity index (χ0) is 19.1. The Morgan fingerprint density at radius 2 is 1.18 bits per heavy atom. The highest BCUT2D eigenvalue weighted by molar-refractivity contribution is 5.79. The molecule has 1 atom stereocenters. The molecule has 28 heavy (non-hydrogen) atoms. The van der Waals surface area contributed by atoms with Crippen LogP contribution in [0.1, 0.15) is 23.6 Å².